The number of rotatable bonds is 13. The number of benzene rings is 4. The molecule has 1 atom stereocenters. The smallest absolute Gasteiger partial charge is 0.417 e. The average molecular weight is 1040 g/mol. The van der Waals surface area contributed by atoms with Crippen molar-refractivity contribution < 1.29 is 42.2 Å². The Bertz CT molecular complexity index is 3310. The second kappa shape index (κ2) is 20.7. The van der Waals surface area contributed by atoms with Crippen LogP contribution in [0.25, 0.3) is 32.2 Å². The Morgan fingerprint density at radius 1 is 0.853 bits per heavy atom. The Kier molecular flexibility index (Phi) is 13.8. The van der Waals surface area contributed by atoms with Crippen LogP contribution in [0.5, 0.6) is 5.75 Å². The average Bonchev–Trinajstić information content (AvgIpc) is 3.98. The van der Waals surface area contributed by atoms with Crippen LogP contribution < -0.4 is 25.2 Å². The summed E-state index contributed by atoms with van der Waals surface area (Å²) in [6.07, 6.45) is 1.68. The molecule has 3 amide bonds. The normalized spacial score (nSPS) is 19.5. The van der Waals surface area contributed by atoms with E-state index in [2.05, 4.69) is 42.5 Å². The van der Waals surface area contributed by atoms with Crippen molar-refractivity contribution in [3.8, 4) is 16.9 Å². The number of carbonyl (C=O) groups excluding carboxylic acids is 3. The standard InChI is InChI=1S/C56H56F3N9O6S/c1-65-46-30-35(13-17-41(46)50(64-65)42-20-22-49(69)62-53(42)71)67-28-26-66(27-29-67)24-5-6-33-11-14-36(15-12-33)74-37-16-18-38(44(31-37)56(57,58)59)39-19-21-48(61-51(39)54(72)73)68-25-23-34-7-4-8-40(43(34)32-68)52(70)63-55-60-45-9-2-3-10-47(45)75-55/h2-4,7-10,13,16-19,21,30-31,33,36,42H,5-6,11-12,14-15,20,22-29,32H2,1H3,(H,72,73)(H,60,63,70)(H,62,69,71). The molecular weight excluding hydrogens is 984 g/mol. The Labute approximate surface area is 434 Å². The summed E-state index contributed by atoms with van der Waals surface area (Å²) in [6, 6.07) is 26.0. The highest BCUT2D eigenvalue weighted by Crippen LogP contribution is 2.42. The molecule has 388 valence electrons. The summed E-state index contributed by atoms with van der Waals surface area (Å²) in [4.78, 5) is 66.4. The molecular formula is C56H56F3N9O6S. The lowest BCUT2D eigenvalue weighted by atomic mass is 9.84. The highest BCUT2D eigenvalue weighted by molar-refractivity contribution is 7.22. The number of para-hydroxylation sites is 1. The summed E-state index contributed by atoms with van der Waals surface area (Å²) in [5.74, 6) is -1.91. The van der Waals surface area contributed by atoms with Gasteiger partial charge < -0.3 is 19.6 Å². The molecule has 19 heteroatoms. The van der Waals surface area contributed by atoms with Crippen molar-refractivity contribution in [1.29, 1.82) is 0 Å². The highest BCUT2D eigenvalue weighted by atomic mass is 32.1. The first-order chi connectivity index (χ1) is 36.2. The number of hydrogen-bond acceptors (Lipinski definition) is 12. The number of ether oxygens (including phenoxy) is 1. The van der Waals surface area contributed by atoms with E-state index in [1.807, 2.05) is 59.1 Å². The van der Waals surface area contributed by atoms with Crippen molar-refractivity contribution in [2.75, 3.05) is 54.4 Å². The van der Waals surface area contributed by atoms with Crippen molar-refractivity contribution in [2.24, 2.45) is 13.0 Å². The molecule has 11 rings (SSSR count). The molecule has 3 N–H and O–H groups in total. The van der Waals surface area contributed by atoms with Crippen molar-refractivity contribution in [1.82, 2.24) is 30.0 Å². The van der Waals surface area contributed by atoms with E-state index in [1.54, 1.807) is 6.07 Å². The monoisotopic (exact) mass is 1040 g/mol. The second-order valence-electron chi connectivity index (χ2n) is 20.1. The zero-order chi connectivity index (χ0) is 52.0. The number of thiazole rings is 1. The third-order valence-electron chi connectivity index (χ3n) is 15.4. The third-order valence-corrected chi connectivity index (χ3v) is 16.3. The molecule has 1 unspecified atom stereocenters. The molecule has 3 aliphatic heterocycles. The maximum atomic E-state index is 14.9. The number of imide groups is 1. The Morgan fingerprint density at radius 2 is 1.65 bits per heavy atom. The predicted octanol–water partition coefficient (Wildman–Crippen LogP) is 9.84. The number of carbonyl (C=O) groups is 4. The summed E-state index contributed by atoms with van der Waals surface area (Å²) in [5, 5.41) is 21.8. The minimum Gasteiger partial charge on any atom is -0.490 e. The summed E-state index contributed by atoms with van der Waals surface area (Å²) in [6.45, 7) is 5.34. The van der Waals surface area contributed by atoms with Gasteiger partial charge in [-0.3, -0.25) is 34.6 Å². The number of anilines is 3. The molecule has 75 heavy (non-hydrogen) atoms. The molecule has 3 aromatic heterocycles. The van der Waals surface area contributed by atoms with E-state index < -0.39 is 29.3 Å². The minimum atomic E-state index is -4.81. The summed E-state index contributed by atoms with van der Waals surface area (Å²) < 4.78 is 53.6. The fourth-order valence-corrected chi connectivity index (χ4v) is 12.3. The van der Waals surface area contributed by atoms with Gasteiger partial charge in [-0.05, 0) is 141 Å². The van der Waals surface area contributed by atoms with Gasteiger partial charge in [0, 0.05) is 74.9 Å². The molecule has 0 radical (unpaired) electrons. The molecule has 2 saturated heterocycles. The van der Waals surface area contributed by atoms with Gasteiger partial charge in [0.1, 0.15) is 11.6 Å². The van der Waals surface area contributed by atoms with E-state index in [-0.39, 0.29) is 53.1 Å². The quantitative estimate of drug-likeness (QED) is 0.0935. The number of amides is 3. The van der Waals surface area contributed by atoms with Crippen LogP contribution >= 0.6 is 11.3 Å². The summed E-state index contributed by atoms with van der Waals surface area (Å²) >= 11 is 1.37. The number of alkyl halides is 3. The molecule has 0 spiro atoms. The van der Waals surface area contributed by atoms with Crippen LogP contribution in [0.2, 0.25) is 0 Å². The fourth-order valence-electron chi connectivity index (χ4n) is 11.4. The molecule has 1 saturated carbocycles. The first-order valence-electron chi connectivity index (χ1n) is 25.7. The van der Waals surface area contributed by atoms with E-state index in [9.17, 15) is 37.5 Å². The zero-order valence-electron chi connectivity index (χ0n) is 41.4. The van der Waals surface area contributed by atoms with Crippen molar-refractivity contribution in [2.45, 2.75) is 82.5 Å². The van der Waals surface area contributed by atoms with E-state index in [4.69, 9.17) is 9.84 Å². The van der Waals surface area contributed by atoms with Gasteiger partial charge in [-0.15, -0.1) is 0 Å². The number of piperidine rings is 1. The first kappa shape index (κ1) is 49.8. The number of fused-ring (bicyclic) bond motifs is 3. The number of carboxylic acids is 1. The lowest BCUT2D eigenvalue weighted by molar-refractivity contribution is -0.137. The topological polar surface area (TPSA) is 175 Å². The van der Waals surface area contributed by atoms with Gasteiger partial charge in [0.2, 0.25) is 11.8 Å². The number of aromatic nitrogens is 4. The largest absolute Gasteiger partial charge is 0.490 e. The van der Waals surface area contributed by atoms with Crippen LogP contribution in [0.4, 0.5) is 29.8 Å². The Hall–Kier alpha value is -7.38. The van der Waals surface area contributed by atoms with Gasteiger partial charge in [0.15, 0.2) is 10.8 Å². The van der Waals surface area contributed by atoms with Gasteiger partial charge in [0.05, 0.1) is 39.0 Å². The number of aromatic carboxylic acids is 1. The number of aryl methyl sites for hydroxylation is 1. The maximum Gasteiger partial charge on any atom is 0.417 e. The number of carboxylic acid groups (broad SMARTS) is 1. The lowest BCUT2D eigenvalue weighted by Gasteiger charge is -2.36. The number of piperazine rings is 1. The molecule has 7 aromatic rings. The number of pyridine rings is 1. The summed E-state index contributed by atoms with van der Waals surface area (Å²) in [7, 11) is 1.88. The number of hydrogen-bond donors (Lipinski definition) is 3. The first-order valence-corrected chi connectivity index (χ1v) is 26.5. The van der Waals surface area contributed by atoms with E-state index >= 15 is 0 Å². The van der Waals surface area contributed by atoms with Crippen LogP contribution in [-0.2, 0) is 35.8 Å². The fraction of sp³-hybridized carbons (Fsp3) is 0.375. The molecule has 1 aliphatic carbocycles. The van der Waals surface area contributed by atoms with Crippen molar-refractivity contribution >= 4 is 72.8 Å². The van der Waals surface area contributed by atoms with Crippen LogP contribution in [-0.4, -0.2) is 98.8 Å². The van der Waals surface area contributed by atoms with E-state index in [0.717, 1.165) is 115 Å². The molecule has 6 heterocycles. The second-order valence-corrected chi connectivity index (χ2v) is 21.1. The van der Waals surface area contributed by atoms with E-state index in [1.165, 1.54) is 35.6 Å². The third kappa shape index (κ3) is 10.5. The number of nitrogens with zero attached hydrogens (tertiary/aromatic N) is 7. The predicted molar refractivity (Wildman–Crippen MR) is 281 cm³/mol. The number of halogens is 3. The lowest BCUT2D eigenvalue weighted by Crippen LogP contribution is -2.46. The van der Waals surface area contributed by atoms with Crippen LogP contribution in [0.1, 0.15) is 101 Å². The summed E-state index contributed by atoms with van der Waals surface area (Å²) in [5.41, 5.74) is 3.73. The van der Waals surface area contributed by atoms with Gasteiger partial charge in [-0.2, -0.15) is 18.3 Å². The molecule has 4 aliphatic rings. The molecule has 4 aromatic carbocycles. The maximum absolute atomic E-state index is 14.9. The van der Waals surface area contributed by atoms with E-state index in [0.29, 0.717) is 48.1 Å². The molecule has 15 nitrogen and oxygen atoms in total. The van der Waals surface area contributed by atoms with Gasteiger partial charge >= 0.3 is 12.1 Å². The van der Waals surface area contributed by atoms with Crippen molar-refractivity contribution in [3.63, 3.8) is 0 Å². The molecule has 3 fully saturated rings. The zero-order valence-corrected chi connectivity index (χ0v) is 42.2. The highest BCUT2D eigenvalue weighted by Gasteiger charge is 2.37. The van der Waals surface area contributed by atoms with Gasteiger partial charge in [-0.25, -0.2) is 14.8 Å². The Morgan fingerprint density at radius 3 is 2.43 bits per heavy atom. The van der Waals surface area contributed by atoms with Gasteiger partial charge in [0.25, 0.3) is 5.91 Å². The number of nitrogens with one attached hydrogen (secondary N) is 2. The van der Waals surface area contributed by atoms with Gasteiger partial charge in [-0.1, -0.05) is 41.7 Å². The van der Waals surface area contributed by atoms with Crippen LogP contribution in [0, 0.1) is 5.92 Å². The Balaban J connectivity index is 0.677. The van der Waals surface area contributed by atoms with Crippen LogP contribution in [0.3, 0.4) is 0 Å². The minimum absolute atomic E-state index is 0.0855. The molecule has 0 bridgehead atoms. The van der Waals surface area contributed by atoms with Crippen molar-refractivity contribution in [3.05, 3.63) is 125 Å². The SMILES string of the molecule is Cn1nc(C2CCC(=O)NC2=O)c2ccc(N3CCN(CCCC4CCC(Oc5ccc(-c6ccc(N7CCc8cccc(C(=O)Nc9nc%10ccccc%10s9)c8C7)nc6C(=O)O)c(C(F)(F)F)c5)CC4)CC3)cc21. The van der Waals surface area contributed by atoms with Crippen LogP contribution in [0.15, 0.2) is 91.0 Å².